The van der Waals surface area contributed by atoms with Crippen molar-refractivity contribution in [1.82, 2.24) is 9.55 Å². The van der Waals surface area contributed by atoms with Gasteiger partial charge in [0.15, 0.2) is 0 Å². The largest absolute Gasteiger partial charge is 0.497 e. The second-order valence-corrected chi connectivity index (χ2v) is 5.17. The summed E-state index contributed by atoms with van der Waals surface area (Å²) in [6, 6.07) is 16.0. The third-order valence-corrected chi connectivity index (χ3v) is 3.69. The van der Waals surface area contributed by atoms with Crippen LogP contribution in [0.1, 0.15) is 17.2 Å². The number of nitrogens with zero attached hydrogens (tertiary/aromatic N) is 2. The maximum absolute atomic E-state index is 5.99. The lowest BCUT2D eigenvalue weighted by molar-refractivity contribution is 0.414. The molecule has 1 heterocycles. The first kappa shape index (κ1) is 13.7. The fourth-order valence-corrected chi connectivity index (χ4v) is 2.52. The average molecular weight is 299 g/mol. The van der Waals surface area contributed by atoms with Gasteiger partial charge in [0, 0.05) is 17.4 Å². The quantitative estimate of drug-likeness (QED) is 0.722. The van der Waals surface area contributed by atoms with Gasteiger partial charge in [0.05, 0.1) is 19.5 Å². The van der Waals surface area contributed by atoms with Crippen LogP contribution in [0.25, 0.3) is 0 Å². The fourth-order valence-electron chi connectivity index (χ4n) is 2.39. The molecule has 0 unspecified atom stereocenters. The fraction of sp³-hybridized carbons (Fsp3) is 0.118. The Morgan fingerprint density at radius 3 is 2.14 bits per heavy atom. The maximum Gasteiger partial charge on any atom is 0.118 e. The number of halogens is 1. The van der Waals surface area contributed by atoms with Gasteiger partial charge in [0.2, 0.25) is 0 Å². The molecular formula is C17H15ClN2O. The number of hydrogen-bond acceptors (Lipinski definition) is 2. The number of imidazole rings is 1. The molecule has 1 atom stereocenters. The molecule has 0 aliphatic carbocycles. The molecule has 0 saturated heterocycles. The van der Waals surface area contributed by atoms with Gasteiger partial charge in [-0.3, -0.25) is 0 Å². The Labute approximate surface area is 128 Å². The summed E-state index contributed by atoms with van der Waals surface area (Å²) in [4.78, 5) is 4.16. The molecule has 0 aliphatic heterocycles. The molecule has 0 N–H and O–H groups in total. The van der Waals surface area contributed by atoms with Crippen molar-refractivity contribution in [1.29, 1.82) is 0 Å². The van der Waals surface area contributed by atoms with Crippen molar-refractivity contribution in [2.75, 3.05) is 7.11 Å². The van der Waals surface area contributed by atoms with Crippen LogP contribution in [0.4, 0.5) is 0 Å². The van der Waals surface area contributed by atoms with Crippen molar-refractivity contribution < 1.29 is 4.74 Å². The van der Waals surface area contributed by atoms with Crippen LogP contribution in [0, 0.1) is 0 Å². The molecule has 106 valence electrons. The third kappa shape index (κ3) is 2.93. The lowest BCUT2D eigenvalue weighted by Gasteiger charge is -2.20. The second kappa shape index (κ2) is 6.02. The predicted molar refractivity (Wildman–Crippen MR) is 83.9 cm³/mol. The highest BCUT2D eigenvalue weighted by Gasteiger charge is 2.15. The number of ether oxygens (including phenoxy) is 1. The Bertz CT molecular complexity index is 691. The van der Waals surface area contributed by atoms with E-state index in [2.05, 4.69) is 21.7 Å². The summed E-state index contributed by atoms with van der Waals surface area (Å²) in [6.07, 6.45) is 5.57. The highest BCUT2D eigenvalue weighted by atomic mass is 35.5. The summed E-state index contributed by atoms with van der Waals surface area (Å²) in [5, 5.41) is 0.734. The van der Waals surface area contributed by atoms with Crippen LogP contribution < -0.4 is 4.74 Å². The maximum atomic E-state index is 5.99. The summed E-state index contributed by atoms with van der Waals surface area (Å²) < 4.78 is 7.30. The lowest BCUT2D eigenvalue weighted by Crippen LogP contribution is -2.10. The van der Waals surface area contributed by atoms with Crippen LogP contribution in [0.5, 0.6) is 5.75 Å². The second-order valence-electron chi connectivity index (χ2n) is 4.74. The van der Waals surface area contributed by atoms with E-state index in [1.807, 2.05) is 48.9 Å². The van der Waals surface area contributed by atoms with E-state index >= 15 is 0 Å². The topological polar surface area (TPSA) is 27.1 Å². The zero-order valence-electron chi connectivity index (χ0n) is 11.6. The smallest absolute Gasteiger partial charge is 0.118 e. The van der Waals surface area contributed by atoms with Crippen molar-refractivity contribution >= 4 is 11.6 Å². The van der Waals surface area contributed by atoms with Gasteiger partial charge >= 0.3 is 0 Å². The molecule has 0 radical (unpaired) electrons. The molecule has 3 rings (SSSR count). The number of benzene rings is 2. The van der Waals surface area contributed by atoms with Crippen molar-refractivity contribution in [2.45, 2.75) is 6.04 Å². The summed E-state index contributed by atoms with van der Waals surface area (Å²) in [7, 11) is 1.67. The molecule has 1 aromatic heterocycles. The monoisotopic (exact) mass is 298 g/mol. The van der Waals surface area contributed by atoms with E-state index in [-0.39, 0.29) is 6.04 Å². The van der Waals surface area contributed by atoms with Crippen LogP contribution in [0.3, 0.4) is 0 Å². The number of hydrogen-bond donors (Lipinski definition) is 0. The third-order valence-electron chi connectivity index (χ3n) is 3.44. The molecule has 0 aliphatic rings. The van der Waals surface area contributed by atoms with Crippen molar-refractivity contribution in [2.24, 2.45) is 0 Å². The van der Waals surface area contributed by atoms with E-state index in [0.29, 0.717) is 0 Å². The normalized spacial score (nSPS) is 12.1. The summed E-state index contributed by atoms with van der Waals surface area (Å²) >= 11 is 5.99. The number of methoxy groups -OCH3 is 1. The van der Waals surface area contributed by atoms with Crippen molar-refractivity contribution in [3.63, 3.8) is 0 Å². The molecule has 2 aromatic carbocycles. The van der Waals surface area contributed by atoms with Crippen LogP contribution in [-0.2, 0) is 0 Å². The van der Waals surface area contributed by atoms with Gasteiger partial charge in [-0.2, -0.15) is 0 Å². The summed E-state index contributed by atoms with van der Waals surface area (Å²) in [6.45, 7) is 0. The Morgan fingerprint density at radius 2 is 1.62 bits per heavy atom. The Hall–Kier alpha value is -2.26. The van der Waals surface area contributed by atoms with Gasteiger partial charge in [-0.15, -0.1) is 0 Å². The van der Waals surface area contributed by atoms with Gasteiger partial charge in [0.1, 0.15) is 5.75 Å². The highest BCUT2D eigenvalue weighted by Crippen LogP contribution is 2.28. The van der Waals surface area contributed by atoms with Gasteiger partial charge in [-0.1, -0.05) is 35.9 Å². The van der Waals surface area contributed by atoms with Crippen LogP contribution in [0.15, 0.2) is 67.3 Å². The van der Waals surface area contributed by atoms with Gasteiger partial charge < -0.3 is 9.30 Å². The molecule has 0 spiro atoms. The average Bonchev–Trinajstić information content (AvgIpc) is 3.04. The number of rotatable bonds is 4. The SMILES string of the molecule is COc1ccc([C@@H](c2ccc(Cl)cc2)n2ccnc2)cc1. The van der Waals surface area contributed by atoms with Gasteiger partial charge in [-0.05, 0) is 35.4 Å². The van der Waals surface area contributed by atoms with Gasteiger partial charge in [-0.25, -0.2) is 4.98 Å². The molecule has 0 bridgehead atoms. The minimum Gasteiger partial charge on any atom is -0.497 e. The summed E-state index contributed by atoms with van der Waals surface area (Å²) in [5.41, 5.74) is 2.32. The van der Waals surface area contributed by atoms with Crippen LogP contribution in [-0.4, -0.2) is 16.7 Å². The van der Waals surface area contributed by atoms with Crippen LogP contribution >= 0.6 is 11.6 Å². The minimum atomic E-state index is 0.0654. The molecule has 0 saturated carbocycles. The Balaban J connectivity index is 2.05. The lowest BCUT2D eigenvalue weighted by atomic mass is 9.98. The zero-order valence-corrected chi connectivity index (χ0v) is 12.4. The Morgan fingerprint density at radius 1 is 1.00 bits per heavy atom. The van der Waals surface area contributed by atoms with E-state index < -0.39 is 0 Å². The molecule has 3 aromatic rings. The van der Waals surface area contributed by atoms with Gasteiger partial charge in [0.25, 0.3) is 0 Å². The zero-order chi connectivity index (χ0) is 14.7. The Kier molecular flexibility index (Phi) is 3.93. The number of aromatic nitrogens is 2. The van der Waals surface area contributed by atoms with E-state index in [9.17, 15) is 0 Å². The first-order valence-corrected chi connectivity index (χ1v) is 7.02. The van der Waals surface area contributed by atoms with Crippen molar-refractivity contribution in [3.8, 4) is 5.75 Å². The molecule has 21 heavy (non-hydrogen) atoms. The van der Waals surface area contributed by atoms with E-state index in [0.717, 1.165) is 21.9 Å². The van der Waals surface area contributed by atoms with E-state index in [1.54, 1.807) is 13.3 Å². The molecular weight excluding hydrogens is 284 g/mol. The first-order valence-electron chi connectivity index (χ1n) is 6.65. The molecule has 3 nitrogen and oxygen atoms in total. The molecule has 0 amide bonds. The summed E-state index contributed by atoms with van der Waals surface area (Å²) in [5.74, 6) is 0.847. The minimum absolute atomic E-state index is 0.0654. The standard InChI is InChI=1S/C17H15ClN2O/c1-21-16-8-4-14(5-9-16)17(20-11-10-19-12-20)13-2-6-15(18)7-3-13/h2-12,17H,1H3/t17-/m1/s1. The molecule has 4 heteroatoms. The van der Waals surface area contributed by atoms with Crippen LogP contribution in [0.2, 0.25) is 5.02 Å². The van der Waals surface area contributed by atoms with E-state index in [1.165, 1.54) is 0 Å². The van der Waals surface area contributed by atoms with E-state index in [4.69, 9.17) is 16.3 Å². The predicted octanol–water partition coefficient (Wildman–Crippen LogP) is 4.18. The highest BCUT2D eigenvalue weighted by molar-refractivity contribution is 6.30. The molecule has 0 fully saturated rings. The first-order chi connectivity index (χ1) is 10.3. The van der Waals surface area contributed by atoms with Crippen molar-refractivity contribution in [3.05, 3.63) is 83.4 Å².